The smallest absolute Gasteiger partial charge is 0.189 e. The molecule has 8 nitrogen and oxygen atoms in total. The van der Waals surface area contributed by atoms with Crippen molar-refractivity contribution in [2.45, 2.75) is 44.4 Å². The number of anilines is 3. The van der Waals surface area contributed by atoms with E-state index in [1.165, 1.54) is 0 Å². The lowest BCUT2D eigenvalue weighted by Crippen LogP contribution is -2.28. The fourth-order valence-corrected chi connectivity index (χ4v) is 5.49. The molecule has 0 bridgehead atoms. The van der Waals surface area contributed by atoms with Gasteiger partial charge < -0.3 is 20.5 Å². The third-order valence-corrected chi connectivity index (χ3v) is 7.51. The van der Waals surface area contributed by atoms with Crippen LogP contribution in [0.25, 0.3) is 21.3 Å². The van der Waals surface area contributed by atoms with Crippen molar-refractivity contribution in [1.82, 2.24) is 19.9 Å². The fourth-order valence-electron chi connectivity index (χ4n) is 4.58. The van der Waals surface area contributed by atoms with Crippen molar-refractivity contribution in [3.63, 3.8) is 0 Å². The van der Waals surface area contributed by atoms with Crippen LogP contribution in [-0.2, 0) is 6.61 Å². The zero-order valence-electron chi connectivity index (χ0n) is 20.7. The van der Waals surface area contributed by atoms with Gasteiger partial charge in [0.05, 0.1) is 28.2 Å². The van der Waals surface area contributed by atoms with Crippen LogP contribution in [0.1, 0.15) is 31.4 Å². The molecule has 0 saturated heterocycles. The monoisotopic (exact) mass is 524 g/mol. The summed E-state index contributed by atoms with van der Waals surface area (Å²) in [7, 11) is 0. The van der Waals surface area contributed by atoms with E-state index in [-0.39, 0.29) is 6.10 Å². The molecule has 1 saturated carbocycles. The van der Waals surface area contributed by atoms with Crippen molar-refractivity contribution in [1.29, 1.82) is 0 Å². The molecular formula is C29H28N6O2S. The highest BCUT2D eigenvalue weighted by Crippen LogP contribution is 2.33. The average molecular weight is 525 g/mol. The minimum atomic E-state index is -0.167. The molecule has 0 radical (unpaired) electrons. The molecule has 1 fully saturated rings. The third kappa shape index (κ3) is 5.90. The topological polar surface area (TPSA) is 105 Å². The molecule has 5 aromatic rings. The second kappa shape index (κ2) is 11.1. The minimum Gasteiger partial charge on any atom is -0.486 e. The van der Waals surface area contributed by atoms with E-state index in [2.05, 4.69) is 32.7 Å². The van der Waals surface area contributed by atoms with Gasteiger partial charge in [0.2, 0.25) is 0 Å². The number of rotatable bonds is 8. The Morgan fingerprint density at radius 2 is 1.79 bits per heavy atom. The lowest BCUT2D eigenvalue weighted by Gasteiger charge is -2.26. The molecule has 0 spiro atoms. The molecule has 1 aliphatic rings. The Balaban J connectivity index is 1.14. The van der Waals surface area contributed by atoms with E-state index in [1.807, 2.05) is 54.7 Å². The first-order valence-electron chi connectivity index (χ1n) is 12.8. The van der Waals surface area contributed by atoms with Crippen LogP contribution in [0.4, 0.5) is 16.8 Å². The summed E-state index contributed by atoms with van der Waals surface area (Å²) >= 11 is 1.58. The summed E-state index contributed by atoms with van der Waals surface area (Å²) in [5.74, 6) is 2.27. The Kier molecular flexibility index (Phi) is 7.10. The van der Waals surface area contributed by atoms with Crippen molar-refractivity contribution < 1.29 is 9.84 Å². The van der Waals surface area contributed by atoms with Gasteiger partial charge in [-0.25, -0.2) is 9.97 Å². The fraction of sp³-hybridized carbons (Fsp3) is 0.241. The van der Waals surface area contributed by atoms with Gasteiger partial charge in [-0.3, -0.25) is 9.97 Å². The van der Waals surface area contributed by atoms with Crippen LogP contribution in [-0.4, -0.2) is 37.2 Å². The van der Waals surface area contributed by atoms with Crippen LogP contribution in [0.5, 0.6) is 5.75 Å². The molecule has 0 atom stereocenters. The minimum absolute atomic E-state index is 0.167. The van der Waals surface area contributed by atoms with Gasteiger partial charge in [0.15, 0.2) is 5.13 Å². The lowest BCUT2D eigenvalue weighted by atomic mass is 9.93. The number of aliphatic hydroxyl groups excluding tert-OH is 1. The Labute approximate surface area is 224 Å². The number of aromatic nitrogens is 4. The van der Waals surface area contributed by atoms with E-state index in [0.717, 1.165) is 69.5 Å². The summed E-state index contributed by atoms with van der Waals surface area (Å²) in [5, 5.41) is 17.4. The maximum atomic E-state index is 9.75. The molecule has 3 N–H and O–H groups in total. The number of nitrogens with one attached hydrogen (secondary N) is 2. The quantitative estimate of drug-likeness (QED) is 0.221. The number of benzene rings is 1. The number of fused-ring (bicyclic) bond motifs is 1. The number of nitrogens with zero attached hydrogens (tertiary/aromatic N) is 4. The summed E-state index contributed by atoms with van der Waals surface area (Å²) in [6, 6.07) is 20.2. The van der Waals surface area contributed by atoms with Crippen LogP contribution in [0, 0.1) is 0 Å². The van der Waals surface area contributed by atoms with Crippen molar-refractivity contribution in [3.05, 3.63) is 84.9 Å². The zero-order valence-corrected chi connectivity index (χ0v) is 21.6. The van der Waals surface area contributed by atoms with E-state index in [1.54, 1.807) is 23.7 Å². The zero-order chi connectivity index (χ0) is 25.7. The average Bonchev–Trinajstić information content (AvgIpc) is 3.35. The van der Waals surface area contributed by atoms with Gasteiger partial charge in [0.1, 0.15) is 24.0 Å². The van der Waals surface area contributed by atoms with Crippen LogP contribution >= 0.6 is 11.3 Å². The number of hydrogen-bond donors (Lipinski definition) is 3. The molecule has 4 aromatic heterocycles. The second-order valence-electron chi connectivity index (χ2n) is 9.40. The van der Waals surface area contributed by atoms with Crippen LogP contribution in [0.2, 0.25) is 0 Å². The van der Waals surface area contributed by atoms with Crippen molar-refractivity contribution in [3.8, 4) is 16.9 Å². The van der Waals surface area contributed by atoms with Gasteiger partial charge in [-0.2, -0.15) is 0 Å². The summed E-state index contributed by atoms with van der Waals surface area (Å²) < 4.78 is 6.98. The number of thiazole rings is 1. The summed E-state index contributed by atoms with van der Waals surface area (Å²) in [6.45, 7) is 0.392. The van der Waals surface area contributed by atoms with E-state index in [9.17, 15) is 5.11 Å². The van der Waals surface area contributed by atoms with Gasteiger partial charge in [-0.15, -0.1) is 0 Å². The van der Waals surface area contributed by atoms with Crippen molar-refractivity contribution >= 4 is 38.3 Å². The SMILES string of the molecule is OC1CCC(Nc2cccc(Nc3nc4ccc(-c5cncc(OCc6ccccn6)c5)cc4s3)n2)CC1. The predicted octanol–water partition coefficient (Wildman–Crippen LogP) is 6.19. The van der Waals surface area contributed by atoms with E-state index >= 15 is 0 Å². The first kappa shape index (κ1) is 24.3. The molecule has 0 aliphatic heterocycles. The van der Waals surface area contributed by atoms with E-state index in [0.29, 0.717) is 18.4 Å². The number of pyridine rings is 3. The Morgan fingerprint density at radius 3 is 2.66 bits per heavy atom. The van der Waals surface area contributed by atoms with Crippen molar-refractivity contribution in [2.75, 3.05) is 10.6 Å². The van der Waals surface area contributed by atoms with Gasteiger partial charge >= 0.3 is 0 Å². The molecule has 0 unspecified atom stereocenters. The van der Waals surface area contributed by atoms with Gasteiger partial charge in [-0.1, -0.05) is 29.5 Å². The highest BCUT2D eigenvalue weighted by Gasteiger charge is 2.19. The first-order chi connectivity index (χ1) is 18.7. The summed E-state index contributed by atoms with van der Waals surface area (Å²) in [4.78, 5) is 18.1. The molecule has 1 aliphatic carbocycles. The van der Waals surface area contributed by atoms with Gasteiger partial charge in [-0.05, 0) is 73.7 Å². The molecule has 4 heterocycles. The van der Waals surface area contributed by atoms with Gasteiger partial charge in [0, 0.05) is 24.0 Å². The second-order valence-corrected chi connectivity index (χ2v) is 10.4. The van der Waals surface area contributed by atoms with E-state index < -0.39 is 0 Å². The van der Waals surface area contributed by atoms with Crippen LogP contribution < -0.4 is 15.4 Å². The van der Waals surface area contributed by atoms with E-state index in [4.69, 9.17) is 14.7 Å². The normalized spacial score (nSPS) is 17.3. The van der Waals surface area contributed by atoms with Crippen molar-refractivity contribution in [2.24, 2.45) is 0 Å². The Morgan fingerprint density at radius 1 is 0.895 bits per heavy atom. The Bertz CT molecular complexity index is 1520. The van der Waals surface area contributed by atoms with Gasteiger partial charge in [0.25, 0.3) is 0 Å². The largest absolute Gasteiger partial charge is 0.486 e. The summed E-state index contributed by atoms with van der Waals surface area (Å²) in [5.41, 5.74) is 3.81. The molecule has 9 heteroatoms. The Hall–Kier alpha value is -4.08. The molecular weight excluding hydrogens is 496 g/mol. The number of ether oxygens (including phenoxy) is 1. The number of hydrogen-bond acceptors (Lipinski definition) is 9. The highest BCUT2D eigenvalue weighted by atomic mass is 32.1. The third-order valence-electron chi connectivity index (χ3n) is 6.58. The molecule has 38 heavy (non-hydrogen) atoms. The predicted molar refractivity (Wildman–Crippen MR) is 151 cm³/mol. The van der Waals surface area contributed by atoms with Crippen LogP contribution in [0.15, 0.2) is 79.3 Å². The first-order valence-corrected chi connectivity index (χ1v) is 13.6. The standard InChI is InChI=1S/C29H28N6O2S/c36-23-10-8-21(9-11-23)32-27-5-3-6-28(34-27)35-29-33-25-12-7-19(15-26(25)38-29)20-14-24(17-30-16-20)37-18-22-4-1-2-13-31-22/h1-7,12-17,21,23,36H,8-11,18H2,(H2,32,33,34,35). The maximum Gasteiger partial charge on any atom is 0.189 e. The molecule has 1 aromatic carbocycles. The summed E-state index contributed by atoms with van der Waals surface area (Å²) in [6.07, 6.45) is 8.72. The number of aliphatic hydroxyl groups is 1. The lowest BCUT2D eigenvalue weighted by molar-refractivity contribution is 0.126. The molecule has 192 valence electrons. The highest BCUT2D eigenvalue weighted by molar-refractivity contribution is 7.22. The molecule has 6 rings (SSSR count). The molecule has 0 amide bonds. The maximum absolute atomic E-state index is 9.75. The van der Waals surface area contributed by atoms with Crippen LogP contribution in [0.3, 0.4) is 0 Å².